The van der Waals surface area contributed by atoms with E-state index in [0.29, 0.717) is 50.8 Å². The molecule has 1 atom stereocenters. The van der Waals surface area contributed by atoms with Crippen molar-refractivity contribution in [3.05, 3.63) is 122 Å². The van der Waals surface area contributed by atoms with Crippen LogP contribution in [-0.4, -0.2) is 29.7 Å². The van der Waals surface area contributed by atoms with Crippen molar-refractivity contribution in [3.8, 4) is 0 Å². The van der Waals surface area contributed by atoms with E-state index in [0.717, 1.165) is 11.3 Å². The first-order valence-corrected chi connectivity index (χ1v) is 12.6. The first-order valence-electron chi connectivity index (χ1n) is 11.4. The number of hydrogen-bond acceptors (Lipinski definition) is 4. The van der Waals surface area contributed by atoms with Crippen molar-refractivity contribution in [2.24, 2.45) is 0 Å². The van der Waals surface area contributed by atoms with Gasteiger partial charge >= 0.3 is 0 Å². The van der Waals surface area contributed by atoms with E-state index in [2.05, 4.69) is 10.6 Å². The maximum Gasteiger partial charge on any atom is 0.254 e. The van der Waals surface area contributed by atoms with Crippen LogP contribution < -0.4 is 10.6 Å². The summed E-state index contributed by atoms with van der Waals surface area (Å²) < 4.78 is 0. The average Bonchev–Trinajstić information content (AvgIpc) is 3.36. The lowest BCUT2D eigenvalue weighted by molar-refractivity contribution is -0.113. The summed E-state index contributed by atoms with van der Waals surface area (Å²) in [4.78, 5) is 30.0. The number of benzene rings is 3. The SMILES string of the molecule is CC1=C(C(=O)Nc2ccccc2)C(c2ccc(Cl)cc2)C(C(=O)c2cc(Cl)ccc2Cl)=C2NCCN12. The van der Waals surface area contributed by atoms with Gasteiger partial charge in [-0.3, -0.25) is 9.59 Å². The standard InChI is InChI=1S/C28H22Cl3N3O2/c1-16-23(28(36)33-20-5-3-2-4-6-20)24(17-7-9-18(29)10-8-17)25(27-32-13-14-34(16)27)26(35)21-15-19(30)11-12-22(21)31/h2-12,15,24,32H,13-14H2,1H3,(H,33,36). The molecular weight excluding hydrogens is 517 g/mol. The molecule has 1 unspecified atom stereocenters. The van der Waals surface area contributed by atoms with E-state index in [1.807, 2.05) is 54.3 Å². The van der Waals surface area contributed by atoms with E-state index >= 15 is 0 Å². The van der Waals surface area contributed by atoms with Gasteiger partial charge in [0, 0.05) is 51.6 Å². The molecule has 0 aliphatic carbocycles. The molecule has 2 aliphatic heterocycles. The highest BCUT2D eigenvalue weighted by Crippen LogP contribution is 2.44. The monoisotopic (exact) mass is 537 g/mol. The Bertz CT molecular complexity index is 1420. The summed E-state index contributed by atoms with van der Waals surface area (Å²) in [7, 11) is 0. The third-order valence-electron chi connectivity index (χ3n) is 6.42. The number of hydrogen-bond donors (Lipinski definition) is 2. The summed E-state index contributed by atoms with van der Waals surface area (Å²) in [6.07, 6.45) is 0. The lowest BCUT2D eigenvalue weighted by atomic mass is 9.77. The number of nitrogens with zero attached hydrogens (tertiary/aromatic N) is 1. The topological polar surface area (TPSA) is 61.4 Å². The number of ketones is 1. The smallest absolute Gasteiger partial charge is 0.254 e. The second kappa shape index (κ2) is 10.0. The summed E-state index contributed by atoms with van der Waals surface area (Å²) in [5.41, 5.74) is 3.40. The first-order chi connectivity index (χ1) is 17.3. The zero-order valence-electron chi connectivity index (χ0n) is 19.3. The molecule has 0 radical (unpaired) electrons. The molecule has 36 heavy (non-hydrogen) atoms. The zero-order valence-corrected chi connectivity index (χ0v) is 21.6. The number of para-hydroxylation sites is 1. The molecule has 2 heterocycles. The number of nitrogens with one attached hydrogen (secondary N) is 2. The fourth-order valence-corrected chi connectivity index (χ4v) is 5.27. The highest BCUT2D eigenvalue weighted by molar-refractivity contribution is 6.37. The van der Waals surface area contributed by atoms with Gasteiger partial charge in [0.25, 0.3) is 5.91 Å². The second-order valence-corrected chi connectivity index (χ2v) is 9.88. The highest BCUT2D eigenvalue weighted by Gasteiger charge is 2.42. The van der Waals surface area contributed by atoms with Crippen molar-refractivity contribution in [1.29, 1.82) is 0 Å². The van der Waals surface area contributed by atoms with Gasteiger partial charge in [-0.1, -0.05) is 65.1 Å². The van der Waals surface area contributed by atoms with Gasteiger partial charge in [-0.25, -0.2) is 0 Å². The summed E-state index contributed by atoms with van der Waals surface area (Å²) >= 11 is 18.9. The Morgan fingerprint density at radius 1 is 0.917 bits per heavy atom. The van der Waals surface area contributed by atoms with Crippen LogP contribution in [0.2, 0.25) is 15.1 Å². The quantitative estimate of drug-likeness (QED) is 0.357. The lowest BCUT2D eigenvalue weighted by Crippen LogP contribution is -2.36. The Kier molecular flexibility index (Phi) is 6.80. The lowest BCUT2D eigenvalue weighted by Gasteiger charge is -2.36. The highest BCUT2D eigenvalue weighted by atomic mass is 35.5. The van der Waals surface area contributed by atoms with Crippen LogP contribution in [0.15, 0.2) is 95.5 Å². The molecule has 1 saturated heterocycles. The maximum absolute atomic E-state index is 14.2. The van der Waals surface area contributed by atoms with Crippen molar-refractivity contribution < 1.29 is 9.59 Å². The summed E-state index contributed by atoms with van der Waals surface area (Å²) in [6, 6.07) is 21.2. The van der Waals surface area contributed by atoms with Gasteiger partial charge < -0.3 is 15.5 Å². The van der Waals surface area contributed by atoms with Gasteiger partial charge in [0.2, 0.25) is 0 Å². The van der Waals surface area contributed by atoms with Crippen LogP contribution >= 0.6 is 34.8 Å². The molecule has 3 aromatic carbocycles. The molecule has 182 valence electrons. The van der Waals surface area contributed by atoms with Gasteiger partial charge in [0.05, 0.1) is 10.6 Å². The molecule has 8 heteroatoms. The minimum atomic E-state index is -0.662. The average molecular weight is 539 g/mol. The molecule has 1 fully saturated rings. The van der Waals surface area contributed by atoms with Crippen molar-refractivity contribution in [3.63, 3.8) is 0 Å². The zero-order chi connectivity index (χ0) is 25.4. The van der Waals surface area contributed by atoms with E-state index < -0.39 is 5.92 Å². The second-order valence-electron chi connectivity index (χ2n) is 8.60. The van der Waals surface area contributed by atoms with Crippen molar-refractivity contribution in [1.82, 2.24) is 10.2 Å². The Labute approximate surface area is 224 Å². The van der Waals surface area contributed by atoms with Gasteiger partial charge in [-0.2, -0.15) is 0 Å². The van der Waals surface area contributed by atoms with E-state index in [-0.39, 0.29) is 17.3 Å². The molecule has 1 amide bonds. The predicted octanol–water partition coefficient (Wildman–Crippen LogP) is 6.66. The van der Waals surface area contributed by atoms with Crippen molar-refractivity contribution >= 4 is 52.2 Å². The number of rotatable bonds is 5. The van der Waals surface area contributed by atoms with E-state index in [9.17, 15) is 9.59 Å². The molecule has 0 spiro atoms. The van der Waals surface area contributed by atoms with Crippen LogP contribution in [0.4, 0.5) is 5.69 Å². The predicted molar refractivity (Wildman–Crippen MR) is 144 cm³/mol. The number of carbonyl (C=O) groups is 2. The molecule has 0 bridgehead atoms. The number of anilines is 1. The molecular formula is C28H22Cl3N3O2. The molecule has 5 nitrogen and oxygen atoms in total. The number of fused-ring (bicyclic) bond motifs is 1. The minimum absolute atomic E-state index is 0.279. The Balaban J connectivity index is 1.70. The van der Waals surface area contributed by atoms with Gasteiger partial charge in [0.15, 0.2) is 5.78 Å². The Morgan fingerprint density at radius 3 is 2.33 bits per heavy atom. The normalized spacial score (nSPS) is 17.1. The van der Waals surface area contributed by atoms with Crippen LogP contribution in [-0.2, 0) is 4.79 Å². The molecule has 2 N–H and O–H groups in total. The third-order valence-corrected chi connectivity index (χ3v) is 7.24. The third kappa shape index (κ3) is 4.50. The number of carbonyl (C=O) groups excluding carboxylic acids is 2. The molecule has 3 aromatic rings. The van der Waals surface area contributed by atoms with Gasteiger partial charge in [0.1, 0.15) is 5.82 Å². The largest absolute Gasteiger partial charge is 0.369 e. The molecule has 0 saturated carbocycles. The fraction of sp³-hybridized carbons (Fsp3) is 0.143. The Hall–Kier alpha value is -3.25. The summed E-state index contributed by atoms with van der Waals surface area (Å²) in [5.74, 6) is -0.573. The molecule has 5 rings (SSSR count). The number of halogens is 3. The first kappa shape index (κ1) is 24.4. The fourth-order valence-electron chi connectivity index (χ4n) is 4.76. The number of allylic oxidation sites excluding steroid dienone is 2. The summed E-state index contributed by atoms with van der Waals surface area (Å²) in [5, 5.41) is 7.61. The van der Waals surface area contributed by atoms with Crippen LogP contribution in [0.1, 0.15) is 28.8 Å². The van der Waals surface area contributed by atoms with Crippen LogP contribution in [0, 0.1) is 0 Å². The Morgan fingerprint density at radius 2 is 1.61 bits per heavy atom. The van der Waals surface area contributed by atoms with Crippen LogP contribution in [0.3, 0.4) is 0 Å². The minimum Gasteiger partial charge on any atom is -0.369 e. The van der Waals surface area contributed by atoms with Crippen molar-refractivity contribution in [2.75, 3.05) is 18.4 Å². The van der Waals surface area contributed by atoms with E-state index in [4.69, 9.17) is 34.8 Å². The van der Waals surface area contributed by atoms with Gasteiger partial charge in [-0.15, -0.1) is 0 Å². The van der Waals surface area contributed by atoms with Crippen molar-refractivity contribution in [2.45, 2.75) is 12.8 Å². The molecule has 0 aromatic heterocycles. The van der Waals surface area contributed by atoms with E-state index in [1.54, 1.807) is 30.3 Å². The summed E-state index contributed by atoms with van der Waals surface area (Å²) in [6.45, 7) is 3.16. The van der Waals surface area contributed by atoms with Crippen LogP contribution in [0.5, 0.6) is 0 Å². The molecule has 2 aliphatic rings. The number of amides is 1. The van der Waals surface area contributed by atoms with Crippen LogP contribution in [0.25, 0.3) is 0 Å². The number of Topliss-reactive ketones (excluding diaryl/α,β-unsaturated/α-hetero) is 1. The van der Waals surface area contributed by atoms with Gasteiger partial charge in [-0.05, 0) is 55.0 Å². The van der Waals surface area contributed by atoms with E-state index in [1.165, 1.54) is 0 Å². The maximum atomic E-state index is 14.2.